The van der Waals surface area contributed by atoms with Crippen molar-refractivity contribution in [2.45, 2.75) is 0 Å². The van der Waals surface area contributed by atoms with Gasteiger partial charge in [-0.25, -0.2) is 10.5 Å². The predicted molar refractivity (Wildman–Crippen MR) is 93.9 cm³/mol. The number of aromatic amines is 1. The van der Waals surface area contributed by atoms with E-state index in [0.717, 1.165) is 0 Å². The minimum atomic E-state index is -0.568. The molecule has 0 saturated heterocycles. The van der Waals surface area contributed by atoms with Crippen LogP contribution < -0.4 is 11.0 Å². The number of hydrogen-bond acceptors (Lipinski definition) is 4. The highest BCUT2D eigenvalue weighted by Gasteiger charge is 2.13. The Hall–Kier alpha value is -2.70. The quantitative estimate of drug-likeness (QED) is 0.555. The molecule has 0 spiro atoms. The molecule has 8 heteroatoms. The molecule has 0 bridgehead atoms. The van der Waals surface area contributed by atoms with Crippen LogP contribution in [0.15, 0.2) is 52.4 Å². The summed E-state index contributed by atoms with van der Waals surface area (Å²) in [5.74, 6) is -0.568. The summed E-state index contributed by atoms with van der Waals surface area (Å²) in [6.07, 6.45) is 1.34. The highest BCUT2D eigenvalue weighted by Crippen LogP contribution is 2.22. The summed E-state index contributed by atoms with van der Waals surface area (Å²) in [7, 11) is 0. The van der Waals surface area contributed by atoms with E-state index in [1.807, 2.05) is 0 Å². The van der Waals surface area contributed by atoms with Crippen molar-refractivity contribution >= 4 is 46.1 Å². The Bertz CT molecular complexity index is 994. The number of nitrogens with one attached hydrogen (secondary N) is 2. The molecule has 0 aliphatic heterocycles. The van der Waals surface area contributed by atoms with Crippen LogP contribution in [0.2, 0.25) is 10.0 Å². The third-order valence-electron chi connectivity index (χ3n) is 3.27. The number of hydrazone groups is 1. The molecule has 0 fully saturated rings. The predicted octanol–water partition coefficient (Wildman–Crippen LogP) is 2.99. The van der Waals surface area contributed by atoms with Crippen LogP contribution in [-0.4, -0.2) is 22.3 Å². The van der Waals surface area contributed by atoms with E-state index in [2.05, 4.69) is 20.7 Å². The third-order valence-corrected chi connectivity index (χ3v) is 3.93. The number of hydrogen-bond donors (Lipinski definition) is 2. The van der Waals surface area contributed by atoms with Crippen molar-refractivity contribution in [2.75, 3.05) is 0 Å². The molecule has 1 amide bonds. The maximum absolute atomic E-state index is 12.3. The van der Waals surface area contributed by atoms with E-state index < -0.39 is 5.91 Å². The Kier molecular flexibility index (Phi) is 4.59. The van der Waals surface area contributed by atoms with E-state index in [4.69, 9.17) is 23.2 Å². The number of amides is 1. The number of fused-ring (bicyclic) bond motifs is 1. The Labute approximate surface area is 146 Å². The second kappa shape index (κ2) is 6.82. The summed E-state index contributed by atoms with van der Waals surface area (Å²) in [4.78, 5) is 24.0. The van der Waals surface area contributed by atoms with E-state index in [1.54, 1.807) is 42.5 Å². The van der Waals surface area contributed by atoms with E-state index >= 15 is 0 Å². The van der Waals surface area contributed by atoms with Gasteiger partial charge in [0.05, 0.1) is 21.6 Å². The maximum Gasteiger partial charge on any atom is 0.292 e. The first-order valence-electron chi connectivity index (χ1n) is 6.83. The van der Waals surface area contributed by atoms with Crippen molar-refractivity contribution in [2.24, 2.45) is 5.10 Å². The third kappa shape index (κ3) is 3.15. The van der Waals surface area contributed by atoms with Crippen molar-refractivity contribution in [1.29, 1.82) is 0 Å². The smallest absolute Gasteiger partial charge is 0.267 e. The standard InChI is InChI=1S/C16H10Cl2N4O2/c17-12-6-3-7-13(18)11(12)8-19-21-16(24)14-9-4-1-2-5-10(9)15(23)22-20-14/h1-8H,(H,21,24)(H,22,23)/b19-8+. The zero-order chi connectivity index (χ0) is 17.1. The minimum Gasteiger partial charge on any atom is -0.267 e. The topological polar surface area (TPSA) is 87.2 Å². The number of halogens is 2. The van der Waals surface area contributed by atoms with Gasteiger partial charge in [0.25, 0.3) is 11.5 Å². The molecule has 24 heavy (non-hydrogen) atoms. The summed E-state index contributed by atoms with van der Waals surface area (Å²) in [5, 5.41) is 11.6. The number of carbonyl (C=O) groups is 1. The molecule has 0 atom stereocenters. The molecule has 2 aromatic carbocycles. The van der Waals surface area contributed by atoms with Crippen molar-refractivity contribution in [3.63, 3.8) is 0 Å². The summed E-state index contributed by atoms with van der Waals surface area (Å²) in [6.45, 7) is 0. The van der Waals surface area contributed by atoms with Crippen LogP contribution in [0.3, 0.4) is 0 Å². The fourth-order valence-corrected chi connectivity index (χ4v) is 2.63. The highest BCUT2D eigenvalue weighted by atomic mass is 35.5. The fraction of sp³-hybridized carbons (Fsp3) is 0. The molecule has 0 aliphatic rings. The van der Waals surface area contributed by atoms with Crippen LogP contribution in [0.4, 0.5) is 0 Å². The van der Waals surface area contributed by atoms with Crippen LogP contribution in [0, 0.1) is 0 Å². The molecule has 0 saturated carbocycles. The number of nitrogens with zero attached hydrogens (tertiary/aromatic N) is 2. The van der Waals surface area contributed by atoms with Gasteiger partial charge < -0.3 is 0 Å². The van der Waals surface area contributed by atoms with Gasteiger partial charge in [0.2, 0.25) is 0 Å². The number of aromatic nitrogens is 2. The molecular weight excluding hydrogens is 351 g/mol. The molecule has 3 aromatic rings. The molecule has 1 aromatic heterocycles. The SMILES string of the molecule is O=C(N/N=C/c1c(Cl)cccc1Cl)c1n[nH]c(=O)c2ccccc12. The van der Waals surface area contributed by atoms with Crippen LogP contribution in [0.1, 0.15) is 16.1 Å². The number of carbonyl (C=O) groups excluding carboxylic acids is 1. The van der Waals surface area contributed by atoms with Gasteiger partial charge in [-0.1, -0.05) is 47.5 Å². The van der Waals surface area contributed by atoms with E-state index in [9.17, 15) is 9.59 Å². The lowest BCUT2D eigenvalue weighted by atomic mass is 10.1. The van der Waals surface area contributed by atoms with Gasteiger partial charge in [-0.3, -0.25) is 9.59 Å². The highest BCUT2D eigenvalue weighted by molar-refractivity contribution is 6.38. The Morgan fingerprint density at radius 1 is 1.08 bits per heavy atom. The number of rotatable bonds is 3. The van der Waals surface area contributed by atoms with Gasteiger partial charge in [-0.05, 0) is 18.2 Å². The molecule has 0 unspecified atom stereocenters. The summed E-state index contributed by atoms with van der Waals surface area (Å²) >= 11 is 12.0. The first kappa shape index (κ1) is 16.2. The molecule has 6 nitrogen and oxygen atoms in total. The first-order valence-corrected chi connectivity index (χ1v) is 7.58. The summed E-state index contributed by atoms with van der Waals surface area (Å²) in [6, 6.07) is 11.7. The lowest BCUT2D eigenvalue weighted by Gasteiger charge is -2.03. The van der Waals surface area contributed by atoms with Crippen molar-refractivity contribution in [3.05, 3.63) is 74.1 Å². The molecule has 3 rings (SSSR count). The summed E-state index contributed by atoms with van der Waals surface area (Å²) in [5.41, 5.74) is 2.52. The van der Waals surface area contributed by atoms with Gasteiger partial charge in [0.1, 0.15) is 0 Å². The Morgan fingerprint density at radius 3 is 2.46 bits per heavy atom. The average molecular weight is 361 g/mol. The molecule has 1 heterocycles. The van der Waals surface area contributed by atoms with Crippen LogP contribution in [0.25, 0.3) is 10.8 Å². The largest absolute Gasteiger partial charge is 0.292 e. The summed E-state index contributed by atoms with van der Waals surface area (Å²) < 4.78 is 0. The van der Waals surface area contributed by atoms with Crippen LogP contribution in [-0.2, 0) is 0 Å². The Morgan fingerprint density at radius 2 is 1.75 bits per heavy atom. The van der Waals surface area contributed by atoms with Gasteiger partial charge >= 0.3 is 0 Å². The zero-order valence-electron chi connectivity index (χ0n) is 12.1. The molecule has 120 valence electrons. The monoisotopic (exact) mass is 360 g/mol. The van der Waals surface area contributed by atoms with Crippen molar-refractivity contribution in [1.82, 2.24) is 15.6 Å². The van der Waals surface area contributed by atoms with E-state index in [0.29, 0.717) is 26.4 Å². The Balaban J connectivity index is 1.88. The zero-order valence-corrected chi connectivity index (χ0v) is 13.6. The molecule has 0 radical (unpaired) electrons. The maximum atomic E-state index is 12.3. The number of H-pyrrole nitrogens is 1. The number of benzene rings is 2. The van der Waals surface area contributed by atoms with Gasteiger partial charge in [-0.15, -0.1) is 0 Å². The van der Waals surface area contributed by atoms with Crippen molar-refractivity contribution in [3.8, 4) is 0 Å². The van der Waals surface area contributed by atoms with Crippen LogP contribution in [0.5, 0.6) is 0 Å². The van der Waals surface area contributed by atoms with Crippen molar-refractivity contribution < 1.29 is 4.79 Å². The lowest BCUT2D eigenvalue weighted by molar-refractivity contribution is 0.0951. The van der Waals surface area contributed by atoms with E-state index in [-0.39, 0.29) is 11.3 Å². The van der Waals surface area contributed by atoms with Gasteiger partial charge in [-0.2, -0.15) is 10.2 Å². The second-order valence-electron chi connectivity index (χ2n) is 4.78. The fourth-order valence-electron chi connectivity index (χ4n) is 2.13. The lowest BCUT2D eigenvalue weighted by Crippen LogP contribution is -2.22. The normalized spacial score (nSPS) is 11.1. The van der Waals surface area contributed by atoms with Gasteiger partial charge in [0, 0.05) is 10.9 Å². The first-order chi connectivity index (χ1) is 11.6. The van der Waals surface area contributed by atoms with E-state index in [1.165, 1.54) is 6.21 Å². The average Bonchev–Trinajstić information content (AvgIpc) is 2.58. The minimum absolute atomic E-state index is 0.0626. The second-order valence-corrected chi connectivity index (χ2v) is 5.60. The molecular formula is C16H10Cl2N4O2. The van der Waals surface area contributed by atoms with Gasteiger partial charge in [0.15, 0.2) is 5.69 Å². The molecule has 0 aliphatic carbocycles. The van der Waals surface area contributed by atoms with Crippen LogP contribution >= 0.6 is 23.2 Å². The molecule has 2 N–H and O–H groups in total.